The Bertz CT molecular complexity index is 645. The third-order valence-electron chi connectivity index (χ3n) is 3.80. The smallest absolute Gasteiger partial charge is 0.227 e. The van der Waals surface area contributed by atoms with Crippen molar-refractivity contribution >= 4 is 17.2 Å². The zero-order valence-electron chi connectivity index (χ0n) is 13.1. The first-order valence-electron chi connectivity index (χ1n) is 7.62. The van der Waals surface area contributed by atoms with E-state index in [0.29, 0.717) is 32.7 Å². The number of amides is 1. The minimum atomic E-state index is -0.104. The van der Waals surface area contributed by atoms with E-state index in [1.54, 1.807) is 24.6 Å². The van der Waals surface area contributed by atoms with Gasteiger partial charge in [0.05, 0.1) is 26.2 Å². The number of methoxy groups -OCH3 is 1. The van der Waals surface area contributed by atoms with E-state index >= 15 is 0 Å². The summed E-state index contributed by atoms with van der Waals surface area (Å²) in [5.74, 6) is 0.129. The van der Waals surface area contributed by atoms with Crippen molar-refractivity contribution in [1.29, 1.82) is 0 Å². The maximum Gasteiger partial charge on any atom is 0.227 e. The van der Waals surface area contributed by atoms with E-state index in [-0.39, 0.29) is 12.0 Å². The van der Waals surface area contributed by atoms with Crippen LogP contribution in [-0.4, -0.2) is 42.6 Å². The second kappa shape index (κ2) is 7.68. The molecule has 6 heteroatoms. The van der Waals surface area contributed by atoms with Gasteiger partial charge in [-0.1, -0.05) is 24.3 Å². The van der Waals surface area contributed by atoms with Crippen LogP contribution in [0.5, 0.6) is 0 Å². The Kier molecular flexibility index (Phi) is 5.38. The fourth-order valence-corrected chi connectivity index (χ4v) is 3.38. The summed E-state index contributed by atoms with van der Waals surface area (Å²) in [7, 11) is 1.67. The molecular formula is C17H20N2O3S. The van der Waals surface area contributed by atoms with Gasteiger partial charge in [0.15, 0.2) is 0 Å². The molecule has 1 unspecified atom stereocenters. The summed E-state index contributed by atoms with van der Waals surface area (Å²) >= 11 is 1.57. The summed E-state index contributed by atoms with van der Waals surface area (Å²) in [5.41, 5.74) is 2.10. The lowest BCUT2D eigenvalue weighted by Gasteiger charge is -2.32. The first-order chi connectivity index (χ1) is 11.3. The molecule has 0 N–H and O–H groups in total. The molecule has 0 bridgehead atoms. The van der Waals surface area contributed by atoms with E-state index in [2.05, 4.69) is 4.98 Å². The lowest BCUT2D eigenvalue weighted by Crippen LogP contribution is -2.42. The summed E-state index contributed by atoms with van der Waals surface area (Å²) < 4.78 is 10.9. The van der Waals surface area contributed by atoms with Crippen molar-refractivity contribution in [1.82, 2.24) is 9.88 Å². The topological polar surface area (TPSA) is 51.7 Å². The third kappa shape index (κ3) is 4.16. The quantitative estimate of drug-likeness (QED) is 0.844. The molecule has 122 valence electrons. The zero-order chi connectivity index (χ0) is 16.1. The Hall–Kier alpha value is -1.76. The Morgan fingerprint density at radius 2 is 2.35 bits per heavy atom. The average molecular weight is 332 g/mol. The maximum absolute atomic E-state index is 12.6. The molecule has 1 aromatic heterocycles. The monoisotopic (exact) mass is 332 g/mol. The van der Waals surface area contributed by atoms with Gasteiger partial charge in [0.1, 0.15) is 11.1 Å². The minimum Gasteiger partial charge on any atom is -0.380 e. The number of nitrogens with zero attached hydrogens (tertiary/aromatic N) is 2. The van der Waals surface area contributed by atoms with Crippen LogP contribution in [0.25, 0.3) is 0 Å². The summed E-state index contributed by atoms with van der Waals surface area (Å²) in [4.78, 5) is 18.7. The standard InChI is InChI=1S/C17H20N2O3S/c1-21-12-14-4-2-3-13(9-14)10-16(20)19-6-7-22-15(11-19)17-18-5-8-23-17/h2-5,8-9,15H,6-7,10-12H2,1H3. The number of carbonyl (C=O) groups is 1. The molecule has 1 saturated heterocycles. The van der Waals surface area contributed by atoms with Crippen molar-refractivity contribution < 1.29 is 14.3 Å². The van der Waals surface area contributed by atoms with E-state index in [1.165, 1.54) is 0 Å². The Morgan fingerprint density at radius 1 is 1.48 bits per heavy atom. The van der Waals surface area contributed by atoms with Crippen molar-refractivity contribution in [3.8, 4) is 0 Å². The fraction of sp³-hybridized carbons (Fsp3) is 0.412. The molecule has 0 radical (unpaired) electrons. The molecule has 0 spiro atoms. The number of aromatic nitrogens is 1. The van der Waals surface area contributed by atoms with Gasteiger partial charge >= 0.3 is 0 Å². The number of ether oxygens (including phenoxy) is 2. The number of benzene rings is 1. The van der Waals surface area contributed by atoms with Gasteiger partial charge in [0.2, 0.25) is 5.91 Å². The molecule has 1 fully saturated rings. The summed E-state index contributed by atoms with van der Waals surface area (Å²) in [5, 5.41) is 2.87. The SMILES string of the molecule is COCc1cccc(CC(=O)N2CCOC(c3nccs3)C2)c1. The molecule has 1 aliphatic rings. The predicted octanol–water partition coefficient (Wildman–Crippen LogP) is 2.43. The van der Waals surface area contributed by atoms with Crippen LogP contribution in [0.2, 0.25) is 0 Å². The highest BCUT2D eigenvalue weighted by atomic mass is 32.1. The highest BCUT2D eigenvalue weighted by molar-refractivity contribution is 7.09. The second-order valence-electron chi connectivity index (χ2n) is 5.50. The van der Waals surface area contributed by atoms with E-state index < -0.39 is 0 Å². The van der Waals surface area contributed by atoms with E-state index in [4.69, 9.17) is 9.47 Å². The minimum absolute atomic E-state index is 0.104. The largest absolute Gasteiger partial charge is 0.380 e. The van der Waals surface area contributed by atoms with Gasteiger partial charge in [0.25, 0.3) is 0 Å². The third-order valence-corrected chi connectivity index (χ3v) is 4.67. The van der Waals surface area contributed by atoms with Crippen molar-refractivity contribution in [3.05, 3.63) is 52.0 Å². The number of carbonyl (C=O) groups excluding carboxylic acids is 1. The van der Waals surface area contributed by atoms with Crippen LogP contribution >= 0.6 is 11.3 Å². The van der Waals surface area contributed by atoms with Gasteiger partial charge in [-0.3, -0.25) is 4.79 Å². The van der Waals surface area contributed by atoms with E-state index in [0.717, 1.165) is 16.1 Å². The average Bonchev–Trinajstić information content (AvgIpc) is 3.10. The molecule has 0 aliphatic carbocycles. The van der Waals surface area contributed by atoms with Crippen LogP contribution in [0.3, 0.4) is 0 Å². The molecule has 1 aromatic carbocycles. The molecule has 23 heavy (non-hydrogen) atoms. The first kappa shape index (κ1) is 16.1. The second-order valence-corrected chi connectivity index (χ2v) is 6.43. The van der Waals surface area contributed by atoms with E-state index in [9.17, 15) is 4.79 Å². The van der Waals surface area contributed by atoms with Gasteiger partial charge in [-0.05, 0) is 11.1 Å². The van der Waals surface area contributed by atoms with Crippen LogP contribution in [0.1, 0.15) is 22.2 Å². The van der Waals surface area contributed by atoms with Crippen LogP contribution < -0.4 is 0 Å². The number of hydrogen-bond acceptors (Lipinski definition) is 5. The van der Waals surface area contributed by atoms with Crippen molar-refractivity contribution in [3.63, 3.8) is 0 Å². The highest BCUT2D eigenvalue weighted by Crippen LogP contribution is 2.24. The van der Waals surface area contributed by atoms with E-state index in [1.807, 2.05) is 34.5 Å². The molecule has 5 nitrogen and oxygen atoms in total. The van der Waals surface area contributed by atoms with Gasteiger partial charge in [-0.2, -0.15) is 0 Å². The Balaban J connectivity index is 1.62. The predicted molar refractivity (Wildman–Crippen MR) is 88.2 cm³/mol. The summed E-state index contributed by atoms with van der Waals surface area (Å²) in [6.07, 6.45) is 2.07. The molecule has 1 aliphatic heterocycles. The number of hydrogen-bond donors (Lipinski definition) is 0. The number of morpholine rings is 1. The number of thiazole rings is 1. The highest BCUT2D eigenvalue weighted by Gasteiger charge is 2.26. The lowest BCUT2D eigenvalue weighted by atomic mass is 10.1. The zero-order valence-corrected chi connectivity index (χ0v) is 13.9. The van der Waals surface area contributed by atoms with Gasteiger partial charge in [-0.25, -0.2) is 4.98 Å². The maximum atomic E-state index is 12.6. The van der Waals surface area contributed by atoms with Gasteiger partial charge in [0, 0.05) is 25.2 Å². The molecule has 1 amide bonds. The van der Waals surface area contributed by atoms with Crippen molar-refractivity contribution in [2.24, 2.45) is 0 Å². The van der Waals surface area contributed by atoms with Crippen molar-refractivity contribution in [2.45, 2.75) is 19.1 Å². The van der Waals surface area contributed by atoms with Crippen LogP contribution in [0, 0.1) is 0 Å². The normalized spacial score (nSPS) is 18.1. The Morgan fingerprint density at radius 3 is 3.13 bits per heavy atom. The number of rotatable bonds is 5. The molecular weight excluding hydrogens is 312 g/mol. The van der Waals surface area contributed by atoms with Crippen molar-refractivity contribution in [2.75, 3.05) is 26.8 Å². The molecule has 3 rings (SSSR count). The lowest BCUT2D eigenvalue weighted by molar-refractivity contribution is -0.138. The summed E-state index contributed by atoms with van der Waals surface area (Å²) in [6, 6.07) is 7.98. The fourth-order valence-electron chi connectivity index (χ4n) is 2.70. The molecule has 2 aromatic rings. The van der Waals surface area contributed by atoms with Crippen LogP contribution in [0.15, 0.2) is 35.8 Å². The van der Waals surface area contributed by atoms with Gasteiger partial charge < -0.3 is 14.4 Å². The van der Waals surface area contributed by atoms with Crippen LogP contribution in [-0.2, 0) is 27.3 Å². The summed E-state index contributed by atoms with van der Waals surface area (Å²) in [6.45, 7) is 2.33. The molecule has 0 saturated carbocycles. The molecule has 2 heterocycles. The van der Waals surface area contributed by atoms with Crippen LogP contribution in [0.4, 0.5) is 0 Å². The first-order valence-corrected chi connectivity index (χ1v) is 8.50. The Labute approximate surface area is 139 Å². The molecule has 1 atom stereocenters. The van der Waals surface area contributed by atoms with Gasteiger partial charge in [-0.15, -0.1) is 11.3 Å².